The van der Waals surface area contributed by atoms with E-state index in [9.17, 15) is 14.7 Å². The van der Waals surface area contributed by atoms with Crippen LogP contribution < -0.4 is 24.0 Å². The smallest absolute Gasteiger partial charge is 0.414 e. The molecule has 2 fully saturated rings. The Morgan fingerprint density at radius 2 is 1.79 bits per heavy atom. The Balaban J connectivity index is 0.00000139. The van der Waals surface area contributed by atoms with Crippen molar-refractivity contribution in [3.05, 3.63) is 37.0 Å². The van der Waals surface area contributed by atoms with Crippen LogP contribution in [0.25, 0.3) is 0 Å². The molecule has 1 saturated carbocycles. The maximum atomic E-state index is 12.3. The lowest BCUT2D eigenvalue weighted by molar-refractivity contribution is -2.00. The van der Waals surface area contributed by atoms with Crippen LogP contribution in [-0.2, 0) is 29.9 Å². The van der Waals surface area contributed by atoms with Crippen LogP contribution in [0.15, 0.2) is 37.0 Å². The molecule has 2 aliphatic rings. The first kappa shape index (κ1) is 35.8. The van der Waals surface area contributed by atoms with E-state index in [0.717, 1.165) is 17.9 Å². The molecular weight excluding hydrogens is 577 g/mol. The highest BCUT2D eigenvalue weighted by Gasteiger charge is 2.68. The second-order valence-corrected chi connectivity index (χ2v) is 13.0. The molecule has 39 heavy (non-hydrogen) atoms. The molecular formula is C25H39Cl2NO10S. The number of alkyl carbamates (subject to hydrolysis) is 1. The number of imide groups is 1. The monoisotopic (exact) mass is 615 g/mol. The van der Waals surface area contributed by atoms with Crippen LogP contribution in [0.2, 0.25) is 0 Å². The number of allylic oxidation sites excluding steroid dienone is 1. The fourth-order valence-corrected chi connectivity index (χ4v) is 7.16. The van der Waals surface area contributed by atoms with Gasteiger partial charge >= 0.3 is 6.09 Å². The van der Waals surface area contributed by atoms with Gasteiger partial charge in [-0.05, 0) is 63.1 Å². The Morgan fingerprint density at radius 3 is 2.26 bits per heavy atom. The van der Waals surface area contributed by atoms with Gasteiger partial charge in [0, 0.05) is 7.11 Å². The van der Waals surface area contributed by atoms with Crippen LogP contribution in [0.1, 0.15) is 40.0 Å². The van der Waals surface area contributed by atoms with E-state index in [1.54, 1.807) is 7.11 Å². The van der Waals surface area contributed by atoms with Gasteiger partial charge < -0.3 is 19.3 Å². The van der Waals surface area contributed by atoms with Crippen molar-refractivity contribution in [1.82, 2.24) is 5.32 Å². The molecule has 0 aromatic heterocycles. The number of halogens is 2. The second-order valence-electron chi connectivity index (χ2n) is 9.80. The van der Waals surface area contributed by atoms with Gasteiger partial charge in [0.25, 0.3) is 0 Å². The average molecular weight is 617 g/mol. The van der Waals surface area contributed by atoms with Crippen molar-refractivity contribution in [1.29, 1.82) is 0 Å². The zero-order valence-corrected chi connectivity index (χ0v) is 25.0. The highest BCUT2D eigenvalue weighted by molar-refractivity contribution is 7.97. The number of carbonyl (C=O) groups excluding carboxylic acids is 2. The Bertz CT molecular complexity index is 865. The van der Waals surface area contributed by atoms with E-state index >= 15 is 0 Å². The molecule has 14 heteroatoms. The van der Waals surface area contributed by atoms with E-state index in [2.05, 4.69) is 24.6 Å². The lowest BCUT2D eigenvalue weighted by atomic mass is 9.66. The predicted octanol–water partition coefficient (Wildman–Crippen LogP) is -1.25. The summed E-state index contributed by atoms with van der Waals surface area (Å²) in [6, 6.07) is 0. The number of methoxy groups -OCH3 is 1. The average Bonchev–Trinajstić information content (AvgIpc) is 3.47. The van der Waals surface area contributed by atoms with Crippen LogP contribution >= 0.6 is 11.6 Å². The molecule has 224 valence electrons. The molecule has 11 nitrogen and oxygen atoms in total. The number of ether oxygens (including phenoxy) is 3. The number of alkyl halides is 1. The number of hydrogen-bond acceptors (Lipinski definition) is 10. The number of hydrogen-bond donors (Lipinski definition) is 2. The largest absolute Gasteiger partial charge is 0.443 e. The number of carbonyl (C=O) groups is 2. The fourth-order valence-electron chi connectivity index (χ4n) is 5.03. The van der Waals surface area contributed by atoms with Gasteiger partial charge in [0.15, 0.2) is 0 Å². The van der Waals surface area contributed by atoms with E-state index in [1.807, 2.05) is 32.9 Å². The molecule has 1 aliphatic heterocycles. The lowest BCUT2D eigenvalue weighted by Gasteiger charge is -2.48. The van der Waals surface area contributed by atoms with Gasteiger partial charge in [-0.15, -0.1) is 21.8 Å². The molecule has 2 N–H and O–H groups in total. The molecule has 2 rings (SSSR count). The van der Waals surface area contributed by atoms with Gasteiger partial charge in [-0.1, -0.05) is 24.8 Å². The third-order valence-corrected chi connectivity index (χ3v) is 9.09. The van der Waals surface area contributed by atoms with Crippen molar-refractivity contribution < 1.29 is 57.8 Å². The summed E-state index contributed by atoms with van der Waals surface area (Å²) in [4.78, 5) is 23.8. The molecule has 1 heterocycles. The first-order chi connectivity index (χ1) is 18.0. The zero-order valence-electron chi connectivity index (χ0n) is 22.7. The first-order valence-electron chi connectivity index (χ1n) is 12.1. The topological polar surface area (TPSA) is 190 Å². The SMILES string of the molecule is C=CC[S+](CC=C)CC1(O)CCC(OC(=O)NC(=O)CCl)C(OC)C1C1(C)OC1CC=C(C)C.[O-][Cl+3]([O-])([O-])[O-]. The maximum Gasteiger partial charge on any atom is 0.414 e. The van der Waals surface area contributed by atoms with Crippen LogP contribution in [0.4, 0.5) is 4.79 Å². The van der Waals surface area contributed by atoms with Crippen LogP contribution in [0, 0.1) is 16.2 Å². The quantitative estimate of drug-likeness (QED) is 0.116. The molecule has 1 aliphatic carbocycles. The van der Waals surface area contributed by atoms with Gasteiger partial charge in [-0.2, -0.15) is 0 Å². The van der Waals surface area contributed by atoms with Gasteiger partial charge in [0.1, 0.15) is 46.5 Å². The van der Waals surface area contributed by atoms with Gasteiger partial charge in [-0.25, -0.2) is 23.4 Å². The Morgan fingerprint density at radius 1 is 1.23 bits per heavy atom. The fraction of sp³-hybridized carbons (Fsp3) is 0.680. The number of aliphatic hydroxyl groups is 1. The van der Waals surface area contributed by atoms with Gasteiger partial charge in [0.05, 0.1) is 12.0 Å². The standard InChI is InChI=1S/C25H38ClNO6S.ClHO4/c1-7-13-34(14-8-2)16-25(30)12-11-18(32-23(29)27-20(28)15-26)21(31-6)22(25)24(5)19(33-24)10-9-17(3)4;2-1(3,4)5/h7-9,18-19,21-22,30H,1-2,10-16H2,3-6H3;(H,2,3,4,5). The molecule has 6 atom stereocenters. The Hall–Kier alpha value is -1.19. The zero-order chi connectivity index (χ0) is 30.0. The van der Waals surface area contributed by atoms with E-state index in [1.165, 1.54) is 5.57 Å². The molecule has 2 amide bonds. The van der Waals surface area contributed by atoms with E-state index in [0.29, 0.717) is 18.6 Å². The molecule has 0 spiro atoms. The molecule has 0 bridgehead atoms. The van der Waals surface area contributed by atoms with Crippen molar-refractivity contribution >= 4 is 34.5 Å². The van der Waals surface area contributed by atoms with Crippen molar-refractivity contribution in [2.45, 2.75) is 69.5 Å². The van der Waals surface area contributed by atoms with Crippen molar-refractivity contribution in [3.63, 3.8) is 0 Å². The minimum Gasteiger partial charge on any atom is -0.443 e. The summed E-state index contributed by atoms with van der Waals surface area (Å²) in [6.07, 6.45) is 5.18. The molecule has 6 unspecified atom stereocenters. The van der Waals surface area contributed by atoms with Crippen molar-refractivity contribution in [3.8, 4) is 0 Å². The van der Waals surface area contributed by atoms with Gasteiger partial charge in [0.2, 0.25) is 5.91 Å². The second kappa shape index (κ2) is 15.7. The summed E-state index contributed by atoms with van der Waals surface area (Å²) in [5, 5.41) is 14.2. The summed E-state index contributed by atoms with van der Waals surface area (Å²) >= 11 is 5.48. The molecule has 1 saturated heterocycles. The lowest BCUT2D eigenvalue weighted by Crippen LogP contribution is -2.68. The van der Waals surface area contributed by atoms with Crippen LogP contribution in [-0.4, -0.2) is 76.9 Å². The molecule has 0 aromatic carbocycles. The highest BCUT2D eigenvalue weighted by Crippen LogP contribution is 2.55. The van der Waals surface area contributed by atoms with E-state index in [4.69, 9.17) is 44.4 Å². The summed E-state index contributed by atoms with van der Waals surface area (Å²) in [5.41, 5.74) is -0.545. The number of nitrogens with one attached hydrogen (secondary N) is 1. The summed E-state index contributed by atoms with van der Waals surface area (Å²) in [7, 11) is -3.55. The summed E-state index contributed by atoms with van der Waals surface area (Å²) in [6.45, 7) is 13.8. The minimum absolute atomic E-state index is 0.0810. The van der Waals surface area contributed by atoms with Crippen LogP contribution in [0.5, 0.6) is 0 Å². The Labute approximate surface area is 239 Å². The van der Waals surface area contributed by atoms with E-state index < -0.39 is 51.6 Å². The highest BCUT2D eigenvalue weighted by atomic mass is 35.7. The van der Waals surface area contributed by atoms with Crippen molar-refractivity contribution in [2.75, 3.05) is 30.2 Å². The Kier molecular flexibility index (Phi) is 14.4. The number of epoxide rings is 1. The van der Waals surface area contributed by atoms with E-state index in [-0.39, 0.29) is 22.9 Å². The summed E-state index contributed by atoms with van der Waals surface area (Å²) < 4.78 is 51.6. The first-order valence-corrected chi connectivity index (χ1v) is 15.6. The normalized spacial score (nSPS) is 29.9. The predicted molar refractivity (Wildman–Crippen MR) is 137 cm³/mol. The number of amides is 2. The van der Waals surface area contributed by atoms with Gasteiger partial charge in [-0.3, -0.25) is 10.1 Å². The molecule has 0 aromatic rings. The third-order valence-electron chi connectivity index (χ3n) is 6.53. The van der Waals surface area contributed by atoms with Crippen molar-refractivity contribution in [2.24, 2.45) is 5.92 Å². The third kappa shape index (κ3) is 11.7. The maximum absolute atomic E-state index is 12.3. The summed E-state index contributed by atoms with van der Waals surface area (Å²) in [5.74, 6) is 0.679. The number of rotatable bonds is 12. The van der Waals surface area contributed by atoms with Crippen LogP contribution in [0.3, 0.4) is 0 Å². The molecule has 0 radical (unpaired) electrons. The minimum atomic E-state index is -4.94.